The second kappa shape index (κ2) is 4.02. The minimum atomic E-state index is -0.784. The number of rotatable bonds is 3. The minimum Gasteiger partial charge on any atom is -0.324 e. The van der Waals surface area contributed by atoms with E-state index in [-0.39, 0.29) is 17.2 Å². The van der Waals surface area contributed by atoms with E-state index in [0.29, 0.717) is 6.54 Å². The predicted octanol–water partition coefficient (Wildman–Crippen LogP) is 1.73. The molecule has 0 saturated carbocycles. The monoisotopic (exact) mass is 224 g/mol. The Morgan fingerprint density at radius 1 is 1.50 bits per heavy atom. The Bertz CT molecular complexity index is 460. The van der Waals surface area contributed by atoms with Gasteiger partial charge in [0.15, 0.2) is 0 Å². The van der Waals surface area contributed by atoms with Crippen LogP contribution >= 0.6 is 0 Å². The number of benzene rings is 1. The van der Waals surface area contributed by atoms with Crippen molar-refractivity contribution < 1.29 is 13.6 Å². The number of hydrogen-bond donors (Lipinski definition) is 2. The standard InChI is InChI=1S/C11H10F2N2O/c1-2-3-14-10-9-7(13)4-6(12)5-8(9)15-11(10)16/h2,4-5,10,14H,1,3H2,(H,15,16). The molecular formula is C11H10F2N2O. The van der Waals surface area contributed by atoms with E-state index in [1.165, 1.54) is 0 Å². The van der Waals surface area contributed by atoms with Crippen molar-refractivity contribution in [1.82, 2.24) is 5.32 Å². The van der Waals surface area contributed by atoms with E-state index in [4.69, 9.17) is 0 Å². The van der Waals surface area contributed by atoms with Gasteiger partial charge in [0, 0.05) is 18.2 Å². The van der Waals surface area contributed by atoms with E-state index in [1.807, 2.05) is 0 Å². The van der Waals surface area contributed by atoms with Crippen LogP contribution in [0.4, 0.5) is 14.5 Å². The van der Waals surface area contributed by atoms with Gasteiger partial charge in [0.05, 0.1) is 5.69 Å². The Labute approximate surface area is 91.2 Å². The number of carbonyl (C=O) groups excluding carboxylic acids is 1. The van der Waals surface area contributed by atoms with Gasteiger partial charge in [-0.3, -0.25) is 10.1 Å². The van der Waals surface area contributed by atoms with Gasteiger partial charge in [0.25, 0.3) is 0 Å². The van der Waals surface area contributed by atoms with E-state index in [1.54, 1.807) is 6.08 Å². The number of anilines is 1. The van der Waals surface area contributed by atoms with Crippen LogP contribution in [-0.4, -0.2) is 12.5 Å². The number of nitrogens with one attached hydrogen (secondary N) is 2. The van der Waals surface area contributed by atoms with Crippen LogP contribution < -0.4 is 10.6 Å². The molecular weight excluding hydrogens is 214 g/mol. The molecule has 1 aromatic carbocycles. The lowest BCUT2D eigenvalue weighted by molar-refractivity contribution is -0.117. The molecule has 0 bridgehead atoms. The Kier molecular flexibility index (Phi) is 2.70. The van der Waals surface area contributed by atoms with E-state index in [0.717, 1.165) is 12.1 Å². The predicted molar refractivity (Wildman–Crippen MR) is 55.9 cm³/mol. The SMILES string of the molecule is C=CCNC1C(=O)Nc2cc(F)cc(F)c21. The molecule has 1 aliphatic rings. The molecule has 2 rings (SSSR count). The van der Waals surface area contributed by atoms with E-state index in [9.17, 15) is 13.6 Å². The number of hydrogen-bond acceptors (Lipinski definition) is 2. The van der Waals surface area contributed by atoms with Crippen molar-refractivity contribution >= 4 is 11.6 Å². The summed E-state index contributed by atoms with van der Waals surface area (Å²) in [6, 6.07) is 1.08. The van der Waals surface area contributed by atoms with Gasteiger partial charge < -0.3 is 5.32 Å². The fourth-order valence-electron chi connectivity index (χ4n) is 1.71. The first kappa shape index (κ1) is 10.8. The summed E-state index contributed by atoms with van der Waals surface area (Å²) in [7, 11) is 0. The van der Waals surface area contributed by atoms with Crippen LogP contribution in [0.1, 0.15) is 11.6 Å². The summed E-state index contributed by atoms with van der Waals surface area (Å²) < 4.78 is 26.4. The van der Waals surface area contributed by atoms with E-state index in [2.05, 4.69) is 17.2 Å². The molecule has 0 aromatic heterocycles. The van der Waals surface area contributed by atoms with E-state index >= 15 is 0 Å². The van der Waals surface area contributed by atoms with Gasteiger partial charge in [-0.15, -0.1) is 6.58 Å². The minimum absolute atomic E-state index is 0.160. The highest BCUT2D eigenvalue weighted by Crippen LogP contribution is 2.33. The molecule has 1 unspecified atom stereocenters. The van der Waals surface area contributed by atoms with Gasteiger partial charge in [-0.1, -0.05) is 6.08 Å². The average Bonchev–Trinajstić information content (AvgIpc) is 2.51. The van der Waals surface area contributed by atoms with Gasteiger partial charge in [0.2, 0.25) is 5.91 Å². The number of amides is 1. The van der Waals surface area contributed by atoms with Crippen molar-refractivity contribution in [3.8, 4) is 0 Å². The van der Waals surface area contributed by atoms with Crippen molar-refractivity contribution in [2.45, 2.75) is 6.04 Å². The van der Waals surface area contributed by atoms with Crippen LogP contribution in [-0.2, 0) is 4.79 Å². The fourth-order valence-corrected chi connectivity index (χ4v) is 1.71. The first-order valence-corrected chi connectivity index (χ1v) is 4.77. The summed E-state index contributed by atoms with van der Waals surface area (Å²) in [6.07, 6.45) is 1.56. The molecule has 1 aliphatic heterocycles. The molecule has 5 heteroatoms. The molecule has 84 valence electrons. The third-order valence-corrected chi connectivity index (χ3v) is 2.37. The third kappa shape index (κ3) is 1.69. The van der Waals surface area contributed by atoms with Crippen LogP contribution in [0.5, 0.6) is 0 Å². The van der Waals surface area contributed by atoms with Gasteiger partial charge in [-0.2, -0.15) is 0 Å². The van der Waals surface area contributed by atoms with Crippen molar-refractivity contribution in [3.63, 3.8) is 0 Å². The summed E-state index contributed by atoms with van der Waals surface area (Å²) in [5, 5.41) is 5.23. The van der Waals surface area contributed by atoms with Crippen molar-refractivity contribution in [2.24, 2.45) is 0 Å². The van der Waals surface area contributed by atoms with Crippen LogP contribution in [0.25, 0.3) is 0 Å². The highest BCUT2D eigenvalue weighted by Gasteiger charge is 2.33. The molecule has 2 N–H and O–H groups in total. The van der Waals surface area contributed by atoms with Crippen LogP contribution in [0.2, 0.25) is 0 Å². The maximum Gasteiger partial charge on any atom is 0.246 e. The summed E-state index contributed by atoms with van der Waals surface area (Å²) in [5.74, 6) is -1.82. The summed E-state index contributed by atoms with van der Waals surface area (Å²) in [4.78, 5) is 11.5. The summed E-state index contributed by atoms with van der Waals surface area (Å²) in [6.45, 7) is 3.86. The second-order valence-corrected chi connectivity index (χ2v) is 3.47. The molecule has 1 heterocycles. The van der Waals surface area contributed by atoms with Crippen molar-refractivity contribution in [3.05, 3.63) is 42.0 Å². The van der Waals surface area contributed by atoms with Gasteiger partial charge in [0.1, 0.15) is 17.7 Å². The molecule has 1 atom stereocenters. The zero-order valence-corrected chi connectivity index (χ0v) is 8.39. The zero-order valence-electron chi connectivity index (χ0n) is 8.39. The van der Waals surface area contributed by atoms with Gasteiger partial charge >= 0.3 is 0 Å². The first-order chi connectivity index (χ1) is 7.63. The topological polar surface area (TPSA) is 41.1 Å². The fraction of sp³-hybridized carbons (Fsp3) is 0.182. The molecule has 1 aromatic rings. The van der Waals surface area contributed by atoms with Crippen molar-refractivity contribution in [1.29, 1.82) is 0 Å². The second-order valence-electron chi connectivity index (χ2n) is 3.47. The summed E-state index contributed by atoms with van der Waals surface area (Å²) >= 11 is 0. The molecule has 1 amide bonds. The average molecular weight is 224 g/mol. The highest BCUT2D eigenvalue weighted by molar-refractivity contribution is 6.02. The van der Waals surface area contributed by atoms with E-state index < -0.39 is 17.7 Å². The molecule has 0 radical (unpaired) electrons. The highest BCUT2D eigenvalue weighted by atomic mass is 19.1. The molecule has 0 aliphatic carbocycles. The lowest BCUT2D eigenvalue weighted by Gasteiger charge is -2.09. The third-order valence-electron chi connectivity index (χ3n) is 2.37. The quantitative estimate of drug-likeness (QED) is 0.768. The molecule has 0 saturated heterocycles. The smallest absolute Gasteiger partial charge is 0.246 e. The number of halogens is 2. The normalized spacial score (nSPS) is 18.1. The van der Waals surface area contributed by atoms with Crippen molar-refractivity contribution in [2.75, 3.05) is 11.9 Å². The maximum absolute atomic E-state index is 13.5. The molecule has 3 nitrogen and oxygen atoms in total. The number of fused-ring (bicyclic) bond motifs is 1. The molecule has 0 fully saturated rings. The number of carbonyl (C=O) groups is 1. The largest absolute Gasteiger partial charge is 0.324 e. The van der Waals surface area contributed by atoms with Crippen LogP contribution in [0.15, 0.2) is 24.8 Å². The van der Waals surface area contributed by atoms with Gasteiger partial charge in [-0.25, -0.2) is 8.78 Å². The van der Waals surface area contributed by atoms with Gasteiger partial charge in [-0.05, 0) is 6.07 Å². The molecule has 0 spiro atoms. The summed E-state index contributed by atoms with van der Waals surface area (Å²) in [5.41, 5.74) is 0.345. The Morgan fingerprint density at radius 2 is 2.25 bits per heavy atom. The Balaban J connectivity index is 2.39. The molecule has 16 heavy (non-hydrogen) atoms. The Hall–Kier alpha value is -1.75. The van der Waals surface area contributed by atoms with Crippen LogP contribution in [0, 0.1) is 11.6 Å². The maximum atomic E-state index is 13.5. The first-order valence-electron chi connectivity index (χ1n) is 4.77. The lowest BCUT2D eigenvalue weighted by Crippen LogP contribution is -2.27. The van der Waals surface area contributed by atoms with Crippen LogP contribution in [0.3, 0.4) is 0 Å². The Morgan fingerprint density at radius 3 is 2.94 bits per heavy atom. The lowest BCUT2D eigenvalue weighted by atomic mass is 10.1. The zero-order chi connectivity index (χ0) is 11.7.